The lowest BCUT2D eigenvalue weighted by molar-refractivity contribution is 0.368. The minimum atomic E-state index is 0.410. The number of nitrogens with one attached hydrogen (secondary N) is 1. The number of aromatic nitrogens is 1. The van der Waals surface area contributed by atoms with Crippen molar-refractivity contribution in [1.29, 1.82) is 0 Å². The van der Waals surface area contributed by atoms with E-state index in [1.54, 1.807) is 0 Å². The molecular weight excluding hydrogens is 248 g/mol. The molecule has 0 saturated carbocycles. The highest BCUT2D eigenvalue weighted by atomic mass is 35.5. The summed E-state index contributed by atoms with van der Waals surface area (Å²) in [6.07, 6.45) is 0. The van der Waals surface area contributed by atoms with E-state index in [2.05, 4.69) is 23.5 Å². The lowest BCUT2D eigenvalue weighted by Gasteiger charge is -2.12. The Bertz CT molecular complexity index is 510. The molecule has 1 N–H and O–H groups in total. The van der Waals surface area contributed by atoms with E-state index in [1.165, 1.54) is 5.56 Å². The average molecular weight is 265 g/mol. The van der Waals surface area contributed by atoms with Gasteiger partial charge in [-0.2, -0.15) is 0 Å². The SMILES string of the molecule is Cc1cc(CNCC(C)c2cccc(Cl)c2)on1. The highest BCUT2D eigenvalue weighted by Gasteiger charge is 2.06. The molecule has 96 valence electrons. The minimum Gasteiger partial charge on any atom is -0.360 e. The highest BCUT2D eigenvalue weighted by Crippen LogP contribution is 2.18. The van der Waals surface area contributed by atoms with Crippen LogP contribution in [0.5, 0.6) is 0 Å². The number of halogens is 1. The molecule has 0 aliphatic rings. The summed E-state index contributed by atoms with van der Waals surface area (Å²) < 4.78 is 5.14. The number of rotatable bonds is 5. The van der Waals surface area contributed by atoms with Crippen molar-refractivity contribution in [3.8, 4) is 0 Å². The molecule has 0 fully saturated rings. The van der Waals surface area contributed by atoms with Crippen molar-refractivity contribution in [2.24, 2.45) is 0 Å². The minimum absolute atomic E-state index is 0.410. The van der Waals surface area contributed by atoms with Gasteiger partial charge in [-0.15, -0.1) is 0 Å². The molecule has 18 heavy (non-hydrogen) atoms. The number of hydrogen-bond acceptors (Lipinski definition) is 3. The second-order valence-corrected chi connectivity index (χ2v) is 4.96. The Morgan fingerprint density at radius 3 is 2.89 bits per heavy atom. The van der Waals surface area contributed by atoms with E-state index in [1.807, 2.05) is 31.2 Å². The first-order valence-electron chi connectivity index (χ1n) is 6.03. The third-order valence-electron chi connectivity index (χ3n) is 2.84. The fourth-order valence-electron chi connectivity index (χ4n) is 1.84. The fraction of sp³-hybridized carbons (Fsp3) is 0.357. The van der Waals surface area contributed by atoms with Gasteiger partial charge in [-0.25, -0.2) is 0 Å². The molecule has 1 aromatic carbocycles. The van der Waals surface area contributed by atoms with Crippen molar-refractivity contribution >= 4 is 11.6 Å². The van der Waals surface area contributed by atoms with Crippen molar-refractivity contribution in [1.82, 2.24) is 10.5 Å². The summed E-state index contributed by atoms with van der Waals surface area (Å²) in [5, 5.41) is 7.99. The molecule has 0 spiro atoms. The Hall–Kier alpha value is -1.32. The molecule has 1 heterocycles. The largest absolute Gasteiger partial charge is 0.360 e. The quantitative estimate of drug-likeness (QED) is 0.898. The van der Waals surface area contributed by atoms with Crippen molar-refractivity contribution in [3.05, 3.63) is 52.4 Å². The first kappa shape index (κ1) is 13.1. The lowest BCUT2D eigenvalue weighted by atomic mass is 10.0. The Morgan fingerprint density at radius 1 is 1.39 bits per heavy atom. The number of benzene rings is 1. The smallest absolute Gasteiger partial charge is 0.150 e. The molecule has 1 unspecified atom stereocenters. The van der Waals surface area contributed by atoms with Gasteiger partial charge >= 0.3 is 0 Å². The molecule has 3 nitrogen and oxygen atoms in total. The standard InChI is InChI=1S/C14H17ClN2O/c1-10(12-4-3-5-13(15)7-12)8-16-9-14-6-11(2)17-18-14/h3-7,10,16H,8-9H2,1-2H3. The van der Waals surface area contributed by atoms with Crippen LogP contribution in [0, 0.1) is 6.92 Å². The summed E-state index contributed by atoms with van der Waals surface area (Å²) in [6.45, 7) is 5.66. The van der Waals surface area contributed by atoms with Gasteiger partial charge in [0.2, 0.25) is 0 Å². The molecule has 0 bridgehead atoms. The zero-order valence-corrected chi connectivity index (χ0v) is 11.4. The van der Waals surface area contributed by atoms with Gasteiger partial charge in [0.05, 0.1) is 12.2 Å². The van der Waals surface area contributed by atoms with Gasteiger partial charge in [-0.3, -0.25) is 0 Å². The molecular formula is C14H17ClN2O. The number of nitrogens with zero attached hydrogens (tertiary/aromatic N) is 1. The van der Waals surface area contributed by atoms with Crippen LogP contribution in [0.25, 0.3) is 0 Å². The van der Waals surface area contributed by atoms with Crippen LogP contribution in [0.15, 0.2) is 34.9 Å². The highest BCUT2D eigenvalue weighted by molar-refractivity contribution is 6.30. The summed E-state index contributed by atoms with van der Waals surface area (Å²) in [4.78, 5) is 0. The second-order valence-electron chi connectivity index (χ2n) is 4.52. The summed E-state index contributed by atoms with van der Waals surface area (Å²) in [5.41, 5.74) is 2.15. The van der Waals surface area contributed by atoms with Gasteiger partial charge in [-0.1, -0.05) is 35.8 Å². The monoisotopic (exact) mass is 264 g/mol. The Balaban J connectivity index is 1.83. The first-order valence-corrected chi connectivity index (χ1v) is 6.41. The Labute approximate surface area is 112 Å². The van der Waals surface area contributed by atoms with Crippen molar-refractivity contribution in [2.45, 2.75) is 26.3 Å². The molecule has 1 aromatic heterocycles. The van der Waals surface area contributed by atoms with Crippen molar-refractivity contribution in [3.63, 3.8) is 0 Å². The van der Waals surface area contributed by atoms with Gasteiger partial charge in [0.15, 0.2) is 5.76 Å². The summed E-state index contributed by atoms with van der Waals surface area (Å²) in [6, 6.07) is 9.91. The van der Waals surface area contributed by atoms with E-state index in [-0.39, 0.29) is 0 Å². The van der Waals surface area contributed by atoms with Crippen LogP contribution in [-0.2, 0) is 6.54 Å². The molecule has 0 aliphatic heterocycles. The van der Waals surface area contributed by atoms with Crippen molar-refractivity contribution in [2.75, 3.05) is 6.54 Å². The van der Waals surface area contributed by atoms with E-state index >= 15 is 0 Å². The topological polar surface area (TPSA) is 38.1 Å². The van der Waals surface area contributed by atoms with E-state index in [9.17, 15) is 0 Å². The second kappa shape index (κ2) is 6.03. The lowest BCUT2D eigenvalue weighted by Crippen LogP contribution is -2.19. The summed E-state index contributed by atoms with van der Waals surface area (Å²) >= 11 is 5.98. The van der Waals surface area contributed by atoms with Crippen LogP contribution >= 0.6 is 11.6 Å². The predicted octanol–water partition coefficient (Wildman–Crippen LogP) is 3.53. The Kier molecular flexibility index (Phi) is 4.39. The summed E-state index contributed by atoms with van der Waals surface area (Å²) in [7, 11) is 0. The fourth-order valence-corrected chi connectivity index (χ4v) is 2.04. The van der Waals surface area contributed by atoms with Crippen LogP contribution in [0.2, 0.25) is 5.02 Å². The van der Waals surface area contributed by atoms with E-state index < -0.39 is 0 Å². The van der Waals surface area contributed by atoms with E-state index in [0.29, 0.717) is 12.5 Å². The summed E-state index contributed by atoms with van der Waals surface area (Å²) in [5.74, 6) is 1.28. The molecule has 4 heteroatoms. The third kappa shape index (κ3) is 3.59. The average Bonchev–Trinajstić information content (AvgIpc) is 2.75. The maximum atomic E-state index is 5.98. The molecule has 0 amide bonds. The van der Waals surface area contributed by atoms with Gasteiger partial charge < -0.3 is 9.84 Å². The van der Waals surface area contributed by atoms with Crippen LogP contribution in [0.3, 0.4) is 0 Å². The molecule has 0 radical (unpaired) electrons. The van der Waals surface area contributed by atoms with Gasteiger partial charge in [-0.05, 0) is 30.5 Å². The molecule has 0 aliphatic carbocycles. The van der Waals surface area contributed by atoms with E-state index in [4.69, 9.17) is 16.1 Å². The number of hydrogen-bond donors (Lipinski definition) is 1. The molecule has 0 saturated heterocycles. The van der Waals surface area contributed by atoms with Gasteiger partial charge in [0.25, 0.3) is 0 Å². The zero-order valence-electron chi connectivity index (χ0n) is 10.6. The number of aryl methyl sites for hydroxylation is 1. The van der Waals surface area contributed by atoms with Gasteiger partial charge in [0.1, 0.15) is 0 Å². The first-order chi connectivity index (χ1) is 8.65. The van der Waals surface area contributed by atoms with E-state index in [0.717, 1.165) is 23.0 Å². The van der Waals surface area contributed by atoms with Crippen LogP contribution in [0.1, 0.15) is 29.9 Å². The van der Waals surface area contributed by atoms with Crippen LogP contribution in [0.4, 0.5) is 0 Å². The zero-order chi connectivity index (χ0) is 13.0. The maximum Gasteiger partial charge on any atom is 0.150 e. The van der Waals surface area contributed by atoms with Gasteiger partial charge in [0, 0.05) is 17.6 Å². The third-order valence-corrected chi connectivity index (χ3v) is 3.08. The van der Waals surface area contributed by atoms with Crippen LogP contribution in [-0.4, -0.2) is 11.7 Å². The predicted molar refractivity (Wildman–Crippen MR) is 72.8 cm³/mol. The molecule has 1 atom stereocenters. The molecule has 2 rings (SSSR count). The Morgan fingerprint density at radius 2 is 2.22 bits per heavy atom. The van der Waals surface area contributed by atoms with Crippen LogP contribution < -0.4 is 5.32 Å². The van der Waals surface area contributed by atoms with Crippen molar-refractivity contribution < 1.29 is 4.52 Å². The maximum absolute atomic E-state index is 5.98. The normalized spacial score (nSPS) is 12.6. The molecule has 2 aromatic rings.